The molecule has 40 heavy (non-hydrogen) atoms. The highest BCUT2D eigenvalue weighted by Crippen LogP contribution is 2.48. The lowest BCUT2D eigenvalue weighted by Crippen LogP contribution is -2.55. The number of aliphatic carboxylic acids is 1. The number of fused-ring (bicyclic) bond motifs is 1. The standard InChI is InChI=1S/C30H40O10/c1-15(2)20-6-5-17-12-38-28(35)24(17)22(20)9-18(11-31)27(34)40-14-30(37)8-7-21(16(3)4)23-10-19(26(32)33)13-39-29(36)25(23)30/h9-10,15-16,20-23,25,31,37H,5-8,11-14H2,1-4H3,(H,32,33)/b18-9+/t20-,21+,22+,23+,25+,30+/m0/s1. The zero-order valence-corrected chi connectivity index (χ0v) is 23.6. The van der Waals surface area contributed by atoms with Gasteiger partial charge in [-0.25, -0.2) is 14.4 Å². The van der Waals surface area contributed by atoms with E-state index >= 15 is 0 Å². The maximum atomic E-state index is 13.2. The van der Waals surface area contributed by atoms with E-state index in [1.165, 1.54) is 6.08 Å². The van der Waals surface area contributed by atoms with Gasteiger partial charge in [-0.1, -0.05) is 39.8 Å². The van der Waals surface area contributed by atoms with E-state index in [4.69, 9.17) is 14.2 Å². The molecule has 0 radical (unpaired) electrons. The van der Waals surface area contributed by atoms with Crippen molar-refractivity contribution in [3.63, 3.8) is 0 Å². The van der Waals surface area contributed by atoms with Crippen LogP contribution in [0.25, 0.3) is 0 Å². The fraction of sp³-hybridized carbons (Fsp3) is 0.667. The van der Waals surface area contributed by atoms with Crippen LogP contribution in [0.1, 0.15) is 53.4 Å². The van der Waals surface area contributed by atoms with Crippen molar-refractivity contribution in [3.8, 4) is 0 Å². The van der Waals surface area contributed by atoms with Crippen molar-refractivity contribution in [1.29, 1.82) is 0 Å². The summed E-state index contributed by atoms with van der Waals surface area (Å²) < 4.78 is 16.0. The molecule has 10 nitrogen and oxygen atoms in total. The minimum atomic E-state index is -1.79. The molecule has 2 aliphatic carbocycles. The Balaban J connectivity index is 1.58. The van der Waals surface area contributed by atoms with Gasteiger partial charge >= 0.3 is 23.9 Å². The second-order valence-corrected chi connectivity index (χ2v) is 12.2. The van der Waals surface area contributed by atoms with Crippen LogP contribution in [0.5, 0.6) is 0 Å². The topological polar surface area (TPSA) is 157 Å². The van der Waals surface area contributed by atoms with Gasteiger partial charge in [-0.2, -0.15) is 0 Å². The van der Waals surface area contributed by atoms with Crippen LogP contribution in [-0.2, 0) is 33.4 Å². The number of carboxylic acid groups (broad SMARTS) is 1. The number of carboxylic acids is 1. The summed E-state index contributed by atoms with van der Waals surface area (Å²) >= 11 is 0. The second-order valence-electron chi connectivity index (χ2n) is 12.2. The third-order valence-corrected chi connectivity index (χ3v) is 9.19. The average Bonchev–Trinajstić information content (AvgIpc) is 3.18. The van der Waals surface area contributed by atoms with Crippen molar-refractivity contribution in [3.05, 3.63) is 34.4 Å². The second kappa shape index (κ2) is 11.9. The van der Waals surface area contributed by atoms with Crippen molar-refractivity contribution >= 4 is 23.9 Å². The van der Waals surface area contributed by atoms with Crippen LogP contribution in [-0.4, -0.2) is 71.2 Å². The van der Waals surface area contributed by atoms with Crippen LogP contribution in [0.15, 0.2) is 34.4 Å². The number of esters is 3. The van der Waals surface area contributed by atoms with Gasteiger partial charge in [0.1, 0.15) is 25.4 Å². The minimum absolute atomic E-state index is 0.0448. The maximum Gasteiger partial charge on any atom is 0.336 e. The fourth-order valence-electron chi connectivity index (χ4n) is 6.96. The van der Waals surface area contributed by atoms with E-state index in [-0.39, 0.29) is 47.8 Å². The number of rotatable bonds is 8. The Morgan fingerprint density at radius 2 is 1.80 bits per heavy atom. The molecule has 6 atom stereocenters. The highest BCUT2D eigenvalue weighted by atomic mass is 16.6. The number of allylic oxidation sites excluding steroid dienone is 2. The van der Waals surface area contributed by atoms with Crippen LogP contribution in [0.2, 0.25) is 0 Å². The van der Waals surface area contributed by atoms with Gasteiger partial charge in [0.25, 0.3) is 0 Å². The molecule has 3 N–H and O–H groups in total. The van der Waals surface area contributed by atoms with E-state index < -0.39 is 67.1 Å². The molecule has 2 heterocycles. The van der Waals surface area contributed by atoms with Crippen molar-refractivity contribution in [2.24, 2.45) is 41.4 Å². The Morgan fingerprint density at radius 3 is 2.42 bits per heavy atom. The number of hydrogen-bond donors (Lipinski definition) is 3. The molecule has 10 heteroatoms. The smallest absolute Gasteiger partial charge is 0.336 e. The van der Waals surface area contributed by atoms with Gasteiger partial charge in [0.2, 0.25) is 0 Å². The van der Waals surface area contributed by atoms with Crippen LogP contribution < -0.4 is 0 Å². The Labute approximate surface area is 234 Å². The largest absolute Gasteiger partial charge is 0.478 e. The molecule has 2 aliphatic heterocycles. The molecule has 0 aromatic heterocycles. The van der Waals surface area contributed by atoms with Crippen LogP contribution >= 0.6 is 0 Å². The molecular formula is C30H40O10. The maximum absolute atomic E-state index is 13.2. The lowest BCUT2D eigenvalue weighted by atomic mass is 9.61. The molecule has 220 valence electrons. The van der Waals surface area contributed by atoms with Gasteiger partial charge < -0.3 is 29.5 Å². The van der Waals surface area contributed by atoms with E-state index in [0.717, 1.165) is 18.4 Å². The number of cyclic esters (lactones) is 2. The summed E-state index contributed by atoms with van der Waals surface area (Å²) in [4.78, 5) is 50.5. The zero-order valence-electron chi connectivity index (χ0n) is 23.6. The lowest BCUT2D eigenvalue weighted by Gasteiger charge is -2.46. The van der Waals surface area contributed by atoms with Gasteiger partial charge in [-0.3, -0.25) is 4.79 Å². The molecule has 0 amide bonds. The Hall–Kier alpha value is -2.98. The van der Waals surface area contributed by atoms with Gasteiger partial charge in [0.05, 0.1) is 23.7 Å². The molecule has 0 aromatic carbocycles. The van der Waals surface area contributed by atoms with Crippen LogP contribution in [0.4, 0.5) is 0 Å². The Bertz CT molecular complexity index is 1150. The van der Waals surface area contributed by atoms with Crippen LogP contribution in [0.3, 0.4) is 0 Å². The fourth-order valence-corrected chi connectivity index (χ4v) is 6.96. The first kappa shape index (κ1) is 30.0. The van der Waals surface area contributed by atoms with E-state index in [1.54, 1.807) is 6.08 Å². The first-order valence-electron chi connectivity index (χ1n) is 14.1. The number of aliphatic hydroxyl groups excluding tert-OH is 1. The van der Waals surface area contributed by atoms with Gasteiger partial charge in [0, 0.05) is 11.5 Å². The Kier molecular flexibility index (Phi) is 8.89. The molecule has 1 saturated carbocycles. The average molecular weight is 561 g/mol. The number of carbonyl (C=O) groups excluding carboxylic acids is 3. The van der Waals surface area contributed by atoms with E-state index in [9.17, 15) is 34.5 Å². The van der Waals surface area contributed by atoms with Gasteiger partial charge in [-0.15, -0.1) is 0 Å². The number of ether oxygens (including phenoxy) is 3. The molecule has 4 rings (SSSR count). The van der Waals surface area contributed by atoms with Crippen molar-refractivity contribution in [2.45, 2.75) is 59.0 Å². The molecule has 0 aromatic rings. The summed E-state index contributed by atoms with van der Waals surface area (Å²) in [5.41, 5.74) is -0.429. The molecular weight excluding hydrogens is 520 g/mol. The van der Waals surface area contributed by atoms with Crippen molar-refractivity contribution in [2.75, 3.05) is 26.4 Å². The molecule has 0 unspecified atom stereocenters. The molecule has 0 spiro atoms. The monoisotopic (exact) mass is 560 g/mol. The SMILES string of the molecule is CC(C)[C@H]1CC[C@@](O)(COC(=O)/C(=C/[C@H]2C3=C(CC[C@H]2C(C)C)COC3=O)CO)[C@H]2C(=O)OCC(C(=O)O)=C[C@H]12. The summed E-state index contributed by atoms with van der Waals surface area (Å²) in [7, 11) is 0. The predicted octanol–water partition coefficient (Wildman–Crippen LogP) is 2.58. The third-order valence-electron chi connectivity index (χ3n) is 9.19. The summed E-state index contributed by atoms with van der Waals surface area (Å²) in [6, 6.07) is 0. The highest BCUT2D eigenvalue weighted by molar-refractivity contribution is 5.94. The number of hydrogen-bond acceptors (Lipinski definition) is 9. The predicted molar refractivity (Wildman–Crippen MR) is 141 cm³/mol. The molecule has 1 fully saturated rings. The van der Waals surface area contributed by atoms with E-state index in [1.807, 2.05) is 27.7 Å². The summed E-state index contributed by atoms with van der Waals surface area (Å²) in [6.45, 7) is 6.71. The first-order chi connectivity index (χ1) is 18.9. The normalized spacial score (nSPS) is 32.6. The van der Waals surface area contributed by atoms with Gasteiger partial charge in [0.15, 0.2) is 0 Å². The summed E-state index contributed by atoms with van der Waals surface area (Å²) in [5, 5.41) is 31.3. The molecule has 4 aliphatic rings. The highest BCUT2D eigenvalue weighted by Gasteiger charge is 2.54. The van der Waals surface area contributed by atoms with Gasteiger partial charge in [-0.05, 0) is 60.8 Å². The number of aliphatic hydroxyl groups is 2. The molecule has 0 saturated heterocycles. The van der Waals surface area contributed by atoms with Crippen molar-refractivity contribution < 1.29 is 48.7 Å². The van der Waals surface area contributed by atoms with E-state index in [0.29, 0.717) is 12.0 Å². The summed E-state index contributed by atoms with van der Waals surface area (Å²) in [5.74, 6) is -5.05. The quantitative estimate of drug-likeness (QED) is 0.229. The third kappa shape index (κ3) is 5.74. The van der Waals surface area contributed by atoms with Crippen LogP contribution in [0, 0.1) is 41.4 Å². The van der Waals surface area contributed by atoms with Crippen molar-refractivity contribution in [1.82, 2.24) is 0 Å². The number of carbonyl (C=O) groups is 4. The Morgan fingerprint density at radius 1 is 1.10 bits per heavy atom. The minimum Gasteiger partial charge on any atom is -0.478 e. The first-order valence-corrected chi connectivity index (χ1v) is 14.1. The van der Waals surface area contributed by atoms with E-state index in [2.05, 4.69) is 0 Å². The summed E-state index contributed by atoms with van der Waals surface area (Å²) in [6.07, 6.45) is 5.29. The molecule has 0 bridgehead atoms. The lowest BCUT2D eigenvalue weighted by molar-refractivity contribution is -0.181. The zero-order chi connectivity index (χ0) is 29.4.